The Morgan fingerprint density at radius 1 is 1.00 bits per heavy atom. The second-order valence-corrected chi connectivity index (χ2v) is 5.81. The molecule has 4 heterocycles. The molecule has 1 aliphatic heterocycles. The van der Waals surface area contributed by atoms with Crippen molar-refractivity contribution < 1.29 is 10.2 Å². The van der Waals surface area contributed by atoms with Gasteiger partial charge in [-0.3, -0.25) is 9.97 Å². The highest BCUT2D eigenvalue weighted by molar-refractivity contribution is 5.60. The van der Waals surface area contributed by atoms with Crippen molar-refractivity contribution in [2.24, 2.45) is 0 Å². The monoisotopic (exact) mass is 335 g/mol. The van der Waals surface area contributed by atoms with Gasteiger partial charge in [0.05, 0.1) is 11.3 Å². The first-order valence-corrected chi connectivity index (χ1v) is 8.11. The van der Waals surface area contributed by atoms with Crippen LogP contribution < -0.4 is 4.90 Å². The van der Waals surface area contributed by atoms with Crippen molar-refractivity contribution in [3.63, 3.8) is 0 Å². The Kier molecular flexibility index (Phi) is 3.99. The van der Waals surface area contributed by atoms with Crippen molar-refractivity contribution in [1.29, 1.82) is 0 Å². The van der Waals surface area contributed by atoms with Crippen LogP contribution in [0.15, 0.2) is 48.8 Å². The molecular formula is C18H17N5O2. The number of aromatic nitrogens is 4. The molecule has 0 radical (unpaired) electrons. The Balaban J connectivity index is 1.79. The molecule has 0 bridgehead atoms. The van der Waals surface area contributed by atoms with Gasteiger partial charge in [0.25, 0.3) is 0 Å². The summed E-state index contributed by atoms with van der Waals surface area (Å²) in [7, 11) is 0. The van der Waals surface area contributed by atoms with Gasteiger partial charge in [0, 0.05) is 18.9 Å². The predicted octanol–water partition coefficient (Wildman–Crippen LogP) is 2.08. The topological polar surface area (TPSA) is 95.3 Å². The molecule has 0 spiro atoms. The number of pyridine rings is 2. The van der Waals surface area contributed by atoms with E-state index in [4.69, 9.17) is 0 Å². The number of fused-ring (bicyclic) bond motifs is 1. The first-order chi connectivity index (χ1) is 12.2. The molecule has 0 amide bonds. The SMILES string of the molecule is Oc1nc(-c2ccccn2)nc2c1CCCN2C(O)c1ccccn1. The van der Waals surface area contributed by atoms with Crippen molar-refractivity contribution in [3.05, 3.63) is 60.0 Å². The average Bonchev–Trinajstić information content (AvgIpc) is 2.68. The van der Waals surface area contributed by atoms with E-state index in [0.717, 1.165) is 6.42 Å². The Morgan fingerprint density at radius 3 is 2.52 bits per heavy atom. The van der Waals surface area contributed by atoms with Crippen molar-refractivity contribution >= 4 is 5.82 Å². The van der Waals surface area contributed by atoms with Gasteiger partial charge in [0.2, 0.25) is 5.88 Å². The van der Waals surface area contributed by atoms with Gasteiger partial charge in [0.15, 0.2) is 12.1 Å². The van der Waals surface area contributed by atoms with Crippen LogP contribution in [0.2, 0.25) is 0 Å². The molecule has 126 valence electrons. The van der Waals surface area contributed by atoms with Crippen LogP contribution in [0, 0.1) is 0 Å². The molecule has 0 saturated heterocycles. The number of anilines is 1. The standard InChI is InChI=1S/C18H17N5O2/c24-17-12-6-5-11-23(18(25)14-8-2-4-10-20-14)16(12)21-15(22-17)13-7-1-3-9-19-13/h1-4,7-10,18,25H,5-6,11H2,(H,21,22,24). The number of aromatic hydroxyl groups is 1. The summed E-state index contributed by atoms with van der Waals surface area (Å²) in [4.78, 5) is 19.0. The maximum Gasteiger partial charge on any atom is 0.219 e. The van der Waals surface area contributed by atoms with Gasteiger partial charge < -0.3 is 15.1 Å². The molecule has 1 unspecified atom stereocenters. The zero-order valence-electron chi connectivity index (χ0n) is 13.4. The van der Waals surface area contributed by atoms with Crippen LogP contribution in [-0.2, 0) is 6.42 Å². The van der Waals surface area contributed by atoms with Gasteiger partial charge in [-0.15, -0.1) is 0 Å². The van der Waals surface area contributed by atoms with E-state index in [9.17, 15) is 10.2 Å². The van der Waals surface area contributed by atoms with Crippen LogP contribution in [0.3, 0.4) is 0 Å². The van der Waals surface area contributed by atoms with Crippen molar-refractivity contribution in [1.82, 2.24) is 19.9 Å². The molecule has 0 aliphatic carbocycles. The van der Waals surface area contributed by atoms with E-state index < -0.39 is 6.23 Å². The second kappa shape index (κ2) is 6.45. The van der Waals surface area contributed by atoms with Gasteiger partial charge in [-0.05, 0) is 37.1 Å². The van der Waals surface area contributed by atoms with E-state index in [0.29, 0.717) is 41.6 Å². The molecule has 3 aromatic rings. The number of aliphatic hydroxyl groups excluding tert-OH is 1. The lowest BCUT2D eigenvalue weighted by molar-refractivity contribution is 0.163. The Bertz CT molecular complexity index is 873. The molecule has 2 N–H and O–H groups in total. The maximum atomic E-state index is 10.8. The van der Waals surface area contributed by atoms with E-state index >= 15 is 0 Å². The zero-order chi connectivity index (χ0) is 17.2. The van der Waals surface area contributed by atoms with Gasteiger partial charge in [-0.1, -0.05) is 12.1 Å². The summed E-state index contributed by atoms with van der Waals surface area (Å²) in [5.74, 6) is 0.790. The summed E-state index contributed by atoms with van der Waals surface area (Å²) < 4.78 is 0. The molecular weight excluding hydrogens is 318 g/mol. The normalized spacial score (nSPS) is 14.8. The third-order valence-electron chi connectivity index (χ3n) is 4.20. The number of hydrogen-bond acceptors (Lipinski definition) is 7. The lowest BCUT2D eigenvalue weighted by atomic mass is 10.1. The fourth-order valence-corrected chi connectivity index (χ4v) is 2.99. The summed E-state index contributed by atoms with van der Waals surface area (Å²) >= 11 is 0. The number of aliphatic hydroxyl groups is 1. The summed E-state index contributed by atoms with van der Waals surface area (Å²) in [6, 6.07) is 10.8. The Labute approximate surface area is 144 Å². The lowest BCUT2D eigenvalue weighted by Gasteiger charge is -2.33. The smallest absolute Gasteiger partial charge is 0.219 e. The van der Waals surface area contributed by atoms with E-state index in [1.807, 2.05) is 12.1 Å². The third kappa shape index (κ3) is 2.89. The molecule has 1 atom stereocenters. The highest BCUT2D eigenvalue weighted by Crippen LogP contribution is 2.36. The van der Waals surface area contributed by atoms with Crippen LogP contribution in [0.1, 0.15) is 23.9 Å². The minimum absolute atomic E-state index is 0.0661. The van der Waals surface area contributed by atoms with Gasteiger partial charge in [-0.25, -0.2) is 4.98 Å². The predicted molar refractivity (Wildman–Crippen MR) is 91.8 cm³/mol. The highest BCUT2D eigenvalue weighted by Gasteiger charge is 2.29. The van der Waals surface area contributed by atoms with E-state index in [2.05, 4.69) is 19.9 Å². The summed E-state index contributed by atoms with van der Waals surface area (Å²) in [5.41, 5.74) is 1.74. The quantitative estimate of drug-likeness (QED) is 0.756. The average molecular weight is 335 g/mol. The largest absolute Gasteiger partial charge is 0.493 e. The van der Waals surface area contributed by atoms with Crippen molar-refractivity contribution in [2.45, 2.75) is 19.1 Å². The van der Waals surface area contributed by atoms with E-state index in [1.165, 1.54) is 0 Å². The number of nitrogens with zero attached hydrogens (tertiary/aromatic N) is 5. The van der Waals surface area contributed by atoms with Gasteiger partial charge >= 0.3 is 0 Å². The van der Waals surface area contributed by atoms with Crippen molar-refractivity contribution in [3.8, 4) is 17.4 Å². The summed E-state index contributed by atoms with van der Waals surface area (Å²) in [6.07, 6.45) is 3.80. The van der Waals surface area contributed by atoms with Gasteiger partial charge in [-0.2, -0.15) is 4.98 Å². The van der Waals surface area contributed by atoms with E-state index in [1.54, 1.807) is 41.6 Å². The number of hydrogen-bond donors (Lipinski definition) is 2. The second-order valence-electron chi connectivity index (χ2n) is 5.81. The molecule has 4 rings (SSSR count). The fourth-order valence-electron chi connectivity index (χ4n) is 2.99. The molecule has 3 aromatic heterocycles. The highest BCUT2D eigenvalue weighted by atomic mass is 16.3. The van der Waals surface area contributed by atoms with Gasteiger partial charge in [0.1, 0.15) is 11.5 Å². The minimum Gasteiger partial charge on any atom is -0.493 e. The first kappa shape index (κ1) is 15.5. The molecule has 7 heteroatoms. The molecule has 7 nitrogen and oxygen atoms in total. The summed E-state index contributed by atoms with van der Waals surface area (Å²) in [6.45, 7) is 0.614. The summed E-state index contributed by atoms with van der Waals surface area (Å²) in [5, 5.41) is 21.1. The maximum absolute atomic E-state index is 10.8. The first-order valence-electron chi connectivity index (χ1n) is 8.11. The van der Waals surface area contributed by atoms with E-state index in [-0.39, 0.29) is 5.88 Å². The molecule has 0 saturated carbocycles. The fraction of sp³-hybridized carbons (Fsp3) is 0.222. The molecule has 25 heavy (non-hydrogen) atoms. The molecule has 0 aromatic carbocycles. The van der Waals surface area contributed by atoms with Crippen LogP contribution in [0.4, 0.5) is 5.82 Å². The zero-order valence-corrected chi connectivity index (χ0v) is 13.4. The molecule has 1 aliphatic rings. The number of rotatable bonds is 3. The van der Waals surface area contributed by atoms with Crippen LogP contribution in [-0.4, -0.2) is 36.7 Å². The third-order valence-corrected chi connectivity index (χ3v) is 4.20. The minimum atomic E-state index is -0.939. The molecule has 0 fully saturated rings. The Hall–Kier alpha value is -3.06. The van der Waals surface area contributed by atoms with Crippen LogP contribution >= 0.6 is 0 Å². The van der Waals surface area contributed by atoms with Crippen LogP contribution in [0.5, 0.6) is 5.88 Å². The lowest BCUT2D eigenvalue weighted by Crippen LogP contribution is -2.35. The Morgan fingerprint density at radius 2 is 1.80 bits per heavy atom. The van der Waals surface area contributed by atoms with Crippen LogP contribution in [0.25, 0.3) is 11.5 Å². The van der Waals surface area contributed by atoms with Crippen molar-refractivity contribution in [2.75, 3.05) is 11.4 Å².